The van der Waals surface area contributed by atoms with Crippen LogP contribution in [-0.2, 0) is 23.6 Å². The van der Waals surface area contributed by atoms with Crippen LogP contribution in [0.3, 0.4) is 0 Å². The van der Waals surface area contributed by atoms with Gasteiger partial charge in [0.05, 0.1) is 46.3 Å². The lowest BCUT2D eigenvalue weighted by atomic mass is 10.0. The molecule has 2 unspecified atom stereocenters. The normalized spacial score (nSPS) is 17.5. The van der Waals surface area contributed by atoms with Gasteiger partial charge in [0.15, 0.2) is 5.69 Å². The third-order valence-corrected chi connectivity index (χ3v) is 21.4. The van der Waals surface area contributed by atoms with Crippen LogP contribution < -0.4 is 36.7 Å². The van der Waals surface area contributed by atoms with E-state index in [9.17, 15) is 5.26 Å². The third-order valence-electron chi connectivity index (χ3n) is 11.6. The largest absolute Gasteiger partial charge is 0.309 e. The Labute approximate surface area is 346 Å². The SMILES string of the molecule is [C-]#[N+]c1ccc2c(c1)P(=S)(c1ccccc1)c1cc(-c3ccc(-n4c5ccccc5c5ccccc54)cc3)cc3c1N2c1ccc(C#N)cc1P3(=S)c1ccccc1. The highest BCUT2D eigenvalue weighted by Gasteiger charge is 2.46. The minimum absolute atomic E-state index is 0.552. The molecule has 0 aliphatic carbocycles. The first-order chi connectivity index (χ1) is 28.4. The molecule has 58 heavy (non-hydrogen) atoms. The minimum Gasteiger partial charge on any atom is -0.309 e. The van der Waals surface area contributed by atoms with Gasteiger partial charge < -0.3 is 9.47 Å². The van der Waals surface area contributed by atoms with Crippen LogP contribution in [0.1, 0.15) is 5.56 Å². The Morgan fingerprint density at radius 1 is 0.517 bits per heavy atom. The maximum Gasteiger partial charge on any atom is 0.188 e. The Bertz CT molecular complexity index is 3180. The van der Waals surface area contributed by atoms with E-state index in [1.54, 1.807) is 0 Å². The number of benzene rings is 8. The van der Waals surface area contributed by atoms with Crippen LogP contribution in [0, 0.1) is 17.9 Å². The number of hydrogen-bond acceptors (Lipinski definition) is 4. The van der Waals surface area contributed by atoms with Gasteiger partial charge in [-0.1, -0.05) is 139 Å². The fourth-order valence-electron chi connectivity index (χ4n) is 9.00. The van der Waals surface area contributed by atoms with Crippen molar-refractivity contribution in [2.24, 2.45) is 0 Å². The van der Waals surface area contributed by atoms with Crippen LogP contribution in [0.4, 0.5) is 22.7 Å². The van der Waals surface area contributed by atoms with Crippen LogP contribution in [0.5, 0.6) is 0 Å². The Morgan fingerprint density at radius 3 is 1.59 bits per heavy atom. The van der Waals surface area contributed by atoms with E-state index < -0.39 is 12.1 Å². The Kier molecular flexibility index (Phi) is 7.87. The molecule has 11 rings (SSSR count). The van der Waals surface area contributed by atoms with Gasteiger partial charge in [0, 0.05) is 49.8 Å². The van der Waals surface area contributed by atoms with Crippen LogP contribution in [0.2, 0.25) is 0 Å². The second-order valence-corrected chi connectivity index (χ2v) is 23.3. The summed E-state index contributed by atoms with van der Waals surface area (Å²) in [7, 11) is 0. The van der Waals surface area contributed by atoms with E-state index in [-0.39, 0.29) is 0 Å². The van der Waals surface area contributed by atoms with Crippen molar-refractivity contribution in [2.75, 3.05) is 4.90 Å². The first kappa shape index (κ1) is 34.9. The lowest BCUT2D eigenvalue weighted by Crippen LogP contribution is -2.45. The zero-order chi connectivity index (χ0) is 39.2. The molecule has 272 valence electrons. The fourth-order valence-corrected chi connectivity index (χ4v) is 17.7. The van der Waals surface area contributed by atoms with Gasteiger partial charge in [-0.25, -0.2) is 4.85 Å². The van der Waals surface area contributed by atoms with Crippen molar-refractivity contribution in [1.29, 1.82) is 5.26 Å². The number of para-hydroxylation sites is 2. The molecular formula is C50H30N4P2S2. The molecule has 9 aromatic rings. The number of aromatic nitrogens is 1. The van der Waals surface area contributed by atoms with E-state index >= 15 is 0 Å². The number of hydrogen-bond donors (Lipinski definition) is 0. The molecule has 0 saturated heterocycles. The molecule has 2 aliphatic rings. The van der Waals surface area contributed by atoms with Crippen LogP contribution in [0.15, 0.2) is 182 Å². The van der Waals surface area contributed by atoms with Crippen LogP contribution in [0.25, 0.3) is 43.5 Å². The van der Waals surface area contributed by atoms with Gasteiger partial charge in [0.25, 0.3) is 0 Å². The smallest absolute Gasteiger partial charge is 0.188 e. The fraction of sp³-hybridized carbons (Fsp3) is 0. The van der Waals surface area contributed by atoms with E-state index in [0.717, 1.165) is 76.7 Å². The molecule has 3 heterocycles. The van der Waals surface area contributed by atoms with Gasteiger partial charge in [0.1, 0.15) is 0 Å². The van der Waals surface area contributed by atoms with E-state index in [4.69, 9.17) is 30.2 Å². The molecule has 0 saturated carbocycles. The molecule has 0 spiro atoms. The van der Waals surface area contributed by atoms with Crippen molar-refractivity contribution >= 4 is 112 Å². The molecule has 1 aromatic heterocycles. The van der Waals surface area contributed by atoms with E-state index in [1.165, 1.54) is 10.8 Å². The minimum atomic E-state index is -2.80. The summed E-state index contributed by atoms with van der Waals surface area (Å²) in [4.78, 5) is 6.21. The summed E-state index contributed by atoms with van der Waals surface area (Å²) >= 11 is 14.3. The number of rotatable bonds is 4. The predicted molar refractivity (Wildman–Crippen MR) is 251 cm³/mol. The first-order valence-electron chi connectivity index (χ1n) is 18.9. The van der Waals surface area contributed by atoms with Crippen molar-refractivity contribution in [2.45, 2.75) is 0 Å². The number of nitriles is 1. The number of fused-ring (bicyclic) bond motifs is 7. The Balaban J connectivity index is 1.23. The molecule has 4 nitrogen and oxygen atoms in total. The monoisotopic (exact) mass is 812 g/mol. The van der Waals surface area contributed by atoms with Crippen molar-refractivity contribution in [3.63, 3.8) is 0 Å². The van der Waals surface area contributed by atoms with Gasteiger partial charge in [0.2, 0.25) is 0 Å². The zero-order valence-electron chi connectivity index (χ0n) is 30.8. The second-order valence-electron chi connectivity index (χ2n) is 14.6. The first-order valence-corrected chi connectivity index (χ1v) is 24.5. The Hall–Kier alpha value is -6.36. The quantitative estimate of drug-likeness (QED) is 0.131. The van der Waals surface area contributed by atoms with E-state index in [0.29, 0.717) is 11.3 Å². The highest BCUT2D eigenvalue weighted by molar-refractivity contribution is 8.27. The molecule has 0 radical (unpaired) electrons. The predicted octanol–water partition coefficient (Wildman–Crippen LogP) is 10.5. The lowest BCUT2D eigenvalue weighted by Gasteiger charge is -2.47. The topological polar surface area (TPSA) is 36.3 Å². The highest BCUT2D eigenvalue weighted by atomic mass is 32.4. The van der Waals surface area contributed by atoms with Gasteiger partial charge >= 0.3 is 0 Å². The lowest BCUT2D eigenvalue weighted by molar-refractivity contribution is 1.18. The summed E-state index contributed by atoms with van der Waals surface area (Å²) in [6, 6.07) is 60.2. The number of nitrogens with zero attached hydrogens (tertiary/aromatic N) is 4. The summed E-state index contributed by atoms with van der Waals surface area (Å²) in [6.45, 7) is 8.04. The van der Waals surface area contributed by atoms with Gasteiger partial charge in [-0.3, -0.25) is 0 Å². The standard InChI is InChI=1S/C50H30N4P2S2/c1-52-36-23-27-45-47(31-36)56(58,39-14-6-3-7-15-39)49-30-35(34-21-24-37(25-22-34)53-42-18-10-8-16-40(42)41-17-9-11-19-43(41)53)29-48-50(49)54(45)44-26-20-33(32-51)28-46(44)55(48,57)38-12-4-2-5-13-38/h2-31H. The average Bonchev–Trinajstić information content (AvgIpc) is 3.63. The summed E-state index contributed by atoms with van der Waals surface area (Å²) in [6.07, 6.45) is 0. The van der Waals surface area contributed by atoms with Crippen molar-refractivity contribution in [3.8, 4) is 22.9 Å². The van der Waals surface area contributed by atoms with Crippen LogP contribution in [-0.4, -0.2) is 4.57 Å². The average molecular weight is 813 g/mol. The zero-order valence-corrected chi connectivity index (χ0v) is 34.2. The number of anilines is 3. The third kappa shape index (κ3) is 4.85. The van der Waals surface area contributed by atoms with Crippen LogP contribution >= 0.6 is 12.1 Å². The molecule has 2 aliphatic heterocycles. The summed E-state index contributed by atoms with van der Waals surface area (Å²) in [5.41, 5.74) is 9.55. The van der Waals surface area contributed by atoms with E-state index in [2.05, 4.69) is 166 Å². The van der Waals surface area contributed by atoms with Crippen molar-refractivity contribution in [3.05, 3.63) is 199 Å². The second kappa shape index (κ2) is 13.1. The maximum atomic E-state index is 10.2. The Morgan fingerprint density at radius 2 is 1.03 bits per heavy atom. The molecular weight excluding hydrogens is 783 g/mol. The summed E-state index contributed by atoms with van der Waals surface area (Å²) in [5.74, 6) is 0. The van der Waals surface area contributed by atoms with Gasteiger partial charge in [-0.05, 0) is 88.5 Å². The van der Waals surface area contributed by atoms with Gasteiger partial charge in [-0.15, -0.1) is 0 Å². The van der Waals surface area contributed by atoms with Crippen molar-refractivity contribution in [1.82, 2.24) is 4.57 Å². The molecule has 0 N–H and O–H groups in total. The molecule has 8 heteroatoms. The molecule has 8 aromatic carbocycles. The molecule has 2 atom stereocenters. The summed E-state index contributed by atoms with van der Waals surface area (Å²) in [5, 5.41) is 18.9. The molecule has 0 fully saturated rings. The van der Waals surface area contributed by atoms with E-state index in [1.807, 2.05) is 36.4 Å². The molecule has 0 bridgehead atoms. The highest BCUT2D eigenvalue weighted by Crippen LogP contribution is 2.61. The molecule has 0 amide bonds. The van der Waals surface area contributed by atoms with Crippen molar-refractivity contribution < 1.29 is 0 Å². The summed E-state index contributed by atoms with van der Waals surface area (Å²) < 4.78 is 2.34. The maximum absolute atomic E-state index is 10.2. The van der Waals surface area contributed by atoms with Gasteiger partial charge in [-0.2, -0.15) is 5.26 Å².